The van der Waals surface area contributed by atoms with Gasteiger partial charge in [0.1, 0.15) is 5.76 Å². The topological polar surface area (TPSA) is 90.8 Å². The molecular formula is C21H19Cl3N6O2. The molecule has 0 radical (unpaired) electrons. The Morgan fingerprint density at radius 2 is 1.81 bits per heavy atom. The van der Waals surface area contributed by atoms with Crippen molar-refractivity contribution in [1.29, 1.82) is 0 Å². The maximum atomic E-state index is 13.1. The number of amides is 1. The number of carbonyl (C=O) groups excluding carboxylic acids is 1. The Balaban J connectivity index is 1.58. The Labute approximate surface area is 199 Å². The van der Waals surface area contributed by atoms with E-state index in [1.165, 1.54) is 6.20 Å². The normalized spacial score (nSPS) is 11.2. The first kappa shape index (κ1) is 22.4. The second-order valence-corrected chi connectivity index (χ2v) is 8.53. The van der Waals surface area contributed by atoms with E-state index in [-0.39, 0.29) is 5.69 Å². The van der Waals surface area contributed by atoms with Crippen molar-refractivity contribution in [3.8, 4) is 0 Å². The van der Waals surface area contributed by atoms with Crippen LogP contribution in [-0.4, -0.2) is 30.6 Å². The summed E-state index contributed by atoms with van der Waals surface area (Å²) in [5.74, 6) is 0.121. The molecule has 3 heterocycles. The first-order valence-electron chi connectivity index (χ1n) is 9.66. The summed E-state index contributed by atoms with van der Waals surface area (Å²) < 4.78 is 8.63. The number of benzene rings is 1. The van der Waals surface area contributed by atoms with Gasteiger partial charge < -0.3 is 9.84 Å². The summed E-state index contributed by atoms with van der Waals surface area (Å²) in [6.07, 6.45) is 3.18. The minimum atomic E-state index is -0.406. The van der Waals surface area contributed by atoms with E-state index in [1.807, 2.05) is 13.8 Å². The summed E-state index contributed by atoms with van der Waals surface area (Å²) in [7, 11) is 0. The monoisotopic (exact) mass is 492 g/mol. The second kappa shape index (κ2) is 8.97. The molecule has 4 aromatic rings. The number of hydrogen-bond acceptors (Lipinski definition) is 5. The molecular weight excluding hydrogens is 475 g/mol. The van der Waals surface area contributed by atoms with Crippen LogP contribution in [0.25, 0.3) is 0 Å². The fourth-order valence-corrected chi connectivity index (χ4v) is 4.05. The highest BCUT2D eigenvalue weighted by Gasteiger charge is 2.23. The highest BCUT2D eigenvalue weighted by Crippen LogP contribution is 2.28. The molecule has 0 saturated carbocycles. The molecule has 0 bridgehead atoms. The van der Waals surface area contributed by atoms with Crippen molar-refractivity contribution in [2.24, 2.45) is 0 Å². The first-order valence-corrected chi connectivity index (χ1v) is 10.8. The molecule has 1 N–H and O–H groups in total. The molecule has 3 aromatic heterocycles. The molecule has 4 rings (SSSR count). The fourth-order valence-electron chi connectivity index (χ4n) is 3.38. The number of aryl methyl sites for hydroxylation is 2. The van der Waals surface area contributed by atoms with Crippen molar-refractivity contribution >= 4 is 46.4 Å². The standard InChI is InChI=1S/C21H19Cl3N6O2/c1-11-19(12(2)30(27-11)10-16-17(23)5-4-6-18(16)24)26-21(31)20-15(13(3)32-28-20)9-29-8-14(22)7-25-29/h4-8H,9-10H2,1-3H3,(H,26,31). The second-order valence-electron chi connectivity index (χ2n) is 7.28. The maximum absolute atomic E-state index is 13.1. The highest BCUT2D eigenvalue weighted by atomic mass is 35.5. The number of anilines is 1. The van der Waals surface area contributed by atoms with Gasteiger partial charge in [0.25, 0.3) is 5.91 Å². The first-order chi connectivity index (χ1) is 15.2. The van der Waals surface area contributed by atoms with Gasteiger partial charge >= 0.3 is 0 Å². The van der Waals surface area contributed by atoms with Crippen LogP contribution in [0.15, 0.2) is 35.1 Å². The van der Waals surface area contributed by atoms with Crippen LogP contribution in [0.4, 0.5) is 5.69 Å². The number of nitrogens with one attached hydrogen (secondary N) is 1. The van der Waals surface area contributed by atoms with Crippen molar-refractivity contribution in [1.82, 2.24) is 24.7 Å². The Morgan fingerprint density at radius 3 is 2.47 bits per heavy atom. The Hall–Kier alpha value is -2.81. The van der Waals surface area contributed by atoms with E-state index in [4.69, 9.17) is 39.3 Å². The summed E-state index contributed by atoms with van der Waals surface area (Å²) in [6.45, 7) is 6.09. The molecule has 0 saturated heterocycles. The predicted octanol–water partition coefficient (Wildman–Crippen LogP) is 5.30. The SMILES string of the molecule is Cc1nn(Cc2c(Cl)cccc2Cl)c(C)c1NC(=O)c1noc(C)c1Cn1cc(Cl)cn1. The molecule has 11 heteroatoms. The third-order valence-electron chi connectivity index (χ3n) is 5.11. The average molecular weight is 494 g/mol. The molecule has 0 unspecified atom stereocenters. The molecule has 0 aliphatic rings. The van der Waals surface area contributed by atoms with E-state index in [0.717, 1.165) is 11.3 Å². The van der Waals surface area contributed by atoms with Gasteiger partial charge in [-0.1, -0.05) is 46.0 Å². The summed E-state index contributed by atoms with van der Waals surface area (Å²) >= 11 is 18.5. The molecule has 0 aliphatic carbocycles. The van der Waals surface area contributed by atoms with E-state index in [0.29, 0.717) is 50.9 Å². The van der Waals surface area contributed by atoms with Crippen molar-refractivity contribution in [2.45, 2.75) is 33.9 Å². The number of halogens is 3. The van der Waals surface area contributed by atoms with Gasteiger partial charge in [-0.25, -0.2) is 0 Å². The van der Waals surface area contributed by atoms with Gasteiger partial charge in [0.2, 0.25) is 0 Å². The summed E-state index contributed by atoms with van der Waals surface area (Å²) in [6, 6.07) is 5.34. The van der Waals surface area contributed by atoms with E-state index < -0.39 is 5.91 Å². The zero-order chi connectivity index (χ0) is 23.0. The number of nitrogens with zero attached hydrogens (tertiary/aromatic N) is 5. The van der Waals surface area contributed by atoms with E-state index in [2.05, 4.69) is 20.7 Å². The van der Waals surface area contributed by atoms with Crippen molar-refractivity contribution < 1.29 is 9.32 Å². The summed E-state index contributed by atoms with van der Waals surface area (Å²) in [4.78, 5) is 13.1. The molecule has 8 nitrogen and oxygen atoms in total. The number of aromatic nitrogens is 5. The predicted molar refractivity (Wildman–Crippen MR) is 123 cm³/mol. The van der Waals surface area contributed by atoms with Gasteiger partial charge in [-0.2, -0.15) is 10.2 Å². The fraction of sp³-hybridized carbons (Fsp3) is 0.238. The molecule has 0 fully saturated rings. The highest BCUT2D eigenvalue weighted by molar-refractivity contribution is 6.36. The molecule has 0 aliphatic heterocycles. The van der Waals surface area contributed by atoms with E-state index in [9.17, 15) is 4.79 Å². The molecule has 1 aromatic carbocycles. The Bertz CT molecular complexity index is 1290. The third kappa shape index (κ3) is 4.39. The Kier molecular flexibility index (Phi) is 6.28. The molecule has 32 heavy (non-hydrogen) atoms. The van der Waals surface area contributed by atoms with Gasteiger partial charge in [0, 0.05) is 27.4 Å². The lowest BCUT2D eigenvalue weighted by Gasteiger charge is -2.10. The quantitative estimate of drug-likeness (QED) is 0.393. The molecule has 0 spiro atoms. The Morgan fingerprint density at radius 1 is 1.09 bits per heavy atom. The number of rotatable bonds is 6. The van der Waals surface area contributed by atoms with Crippen molar-refractivity contribution in [3.05, 3.63) is 79.6 Å². The molecule has 1 amide bonds. The van der Waals surface area contributed by atoms with Gasteiger partial charge in [-0.15, -0.1) is 0 Å². The van der Waals surface area contributed by atoms with E-state index in [1.54, 1.807) is 40.7 Å². The smallest absolute Gasteiger partial charge is 0.278 e. The van der Waals surface area contributed by atoms with Crippen LogP contribution >= 0.6 is 34.8 Å². The summed E-state index contributed by atoms with van der Waals surface area (Å²) in [5.41, 5.74) is 3.55. The van der Waals surface area contributed by atoms with Gasteiger partial charge in [-0.05, 0) is 32.9 Å². The third-order valence-corrected chi connectivity index (χ3v) is 6.01. The molecule has 166 valence electrons. The van der Waals surface area contributed by atoms with Crippen LogP contribution in [0.5, 0.6) is 0 Å². The number of carbonyl (C=O) groups is 1. The van der Waals surface area contributed by atoms with Crippen LogP contribution in [0.1, 0.15) is 38.8 Å². The van der Waals surface area contributed by atoms with Gasteiger partial charge in [0.15, 0.2) is 5.69 Å². The van der Waals surface area contributed by atoms with Crippen LogP contribution in [0.3, 0.4) is 0 Å². The average Bonchev–Trinajstić information content (AvgIpc) is 3.39. The van der Waals surface area contributed by atoms with Gasteiger partial charge in [0.05, 0.1) is 41.4 Å². The van der Waals surface area contributed by atoms with Crippen LogP contribution < -0.4 is 5.32 Å². The van der Waals surface area contributed by atoms with Crippen molar-refractivity contribution in [3.63, 3.8) is 0 Å². The van der Waals surface area contributed by atoms with E-state index >= 15 is 0 Å². The number of hydrogen-bond donors (Lipinski definition) is 1. The largest absolute Gasteiger partial charge is 0.361 e. The van der Waals surface area contributed by atoms with Crippen molar-refractivity contribution in [2.75, 3.05) is 5.32 Å². The van der Waals surface area contributed by atoms with Gasteiger partial charge in [-0.3, -0.25) is 14.2 Å². The van der Waals surface area contributed by atoms with Crippen LogP contribution in [0, 0.1) is 20.8 Å². The summed E-state index contributed by atoms with van der Waals surface area (Å²) in [5, 5.41) is 17.2. The zero-order valence-electron chi connectivity index (χ0n) is 17.5. The lowest BCUT2D eigenvalue weighted by molar-refractivity contribution is 0.101. The minimum absolute atomic E-state index is 0.176. The zero-order valence-corrected chi connectivity index (χ0v) is 19.8. The van der Waals surface area contributed by atoms with Crippen LogP contribution in [-0.2, 0) is 13.1 Å². The lowest BCUT2D eigenvalue weighted by atomic mass is 10.1. The molecule has 0 atom stereocenters. The lowest BCUT2D eigenvalue weighted by Crippen LogP contribution is -2.17. The van der Waals surface area contributed by atoms with Crippen LogP contribution in [0.2, 0.25) is 15.1 Å². The minimum Gasteiger partial charge on any atom is -0.361 e. The maximum Gasteiger partial charge on any atom is 0.278 e.